The van der Waals surface area contributed by atoms with Crippen LogP contribution >= 0.6 is 56.8 Å². The van der Waals surface area contributed by atoms with Crippen LogP contribution in [0.5, 0.6) is 0 Å². The van der Waals surface area contributed by atoms with Crippen molar-refractivity contribution in [1.82, 2.24) is 4.57 Å². The highest BCUT2D eigenvalue weighted by molar-refractivity contribution is 14.1. The van der Waals surface area contributed by atoms with E-state index < -0.39 is 0 Å². The second kappa shape index (κ2) is 6.77. The van der Waals surface area contributed by atoms with E-state index in [0.29, 0.717) is 5.56 Å². The molecule has 4 aromatic rings. The number of rotatable bonds is 2. The Balaban J connectivity index is 2.04. The summed E-state index contributed by atoms with van der Waals surface area (Å²) in [4.78, 5) is 0. The van der Waals surface area contributed by atoms with Gasteiger partial charge in [0.2, 0.25) is 0 Å². The van der Waals surface area contributed by atoms with E-state index in [-0.39, 0.29) is 5.17 Å². The molecule has 4 rings (SSSR count). The van der Waals surface area contributed by atoms with Crippen LogP contribution in [0.4, 0.5) is 0 Å². The van der Waals surface area contributed by atoms with Crippen molar-refractivity contribution in [1.29, 1.82) is 0 Å². The highest BCUT2D eigenvalue weighted by Crippen LogP contribution is 2.33. The molecule has 0 radical (unpaired) electrons. The van der Waals surface area contributed by atoms with Gasteiger partial charge in [0.05, 0.1) is 11.0 Å². The topological polar surface area (TPSA) is 37.5 Å². The molecule has 3 aromatic carbocycles. The lowest BCUT2D eigenvalue weighted by Gasteiger charge is -2.09. The molecule has 0 aliphatic carbocycles. The van der Waals surface area contributed by atoms with Crippen molar-refractivity contribution >= 4 is 83.8 Å². The molecule has 0 aliphatic heterocycles. The molecule has 0 amide bonds. The summed E-state index contributed by atoms with van der Waals surface area (Å²) in [5.74, 6) is 0. The molecule has 1 heterocycles. The average molecular weight is 573 g/mol. The fourth-order valence-electron chi connectivity index (χ4n) is 3.05. The summed E-state index contributed by atoms with van der Waals surface area (Å²) >= 11 is 10.6. The molecule has 0 saturated carbocycles. The number of hydrogen-bond acceptors (Lipinski definition) is 2. The zero-order chi connectivity index (χ0) is 17.6. The van der Waals surface area contributed by atoms with Crippen LogP contribution in [-0.2, 0) is 0 Å². The Hall–Kier alpha value is -1.32. The van der Waals surface area contributed by atoms with Crippen LogP contribution in [0, 0.1) is 7.14 Å². The minimum Gasteiger partial charge on any atom is -0.410 e. The first-order valence-corrected chi connectivity index (χ1v) is 9.99. The highest BCUT2D eigenvalue weighted by Gasteiger charge is 2.13. The van der Waals surface area contributed by atoms with E-state index in [1.807, 2.05) is 24.3 Å². The number of aromatic nitrogens is 1. The normalized spacial score (nSPS) is 12.2. The smallest absolute Gasteiger partial charge is 0.175 e. The summed E-state index contributed by atoms with van der Waals surface area (Å²) in [6.45, 7) is 0. The van der Waals surface area contributed by atoms with Crippen LogP contribution in [-0.4, -0.2) is 14.9 Å². The second-order valence-corrected chi connectivity index (χ2v) is 8.45. The number of benzene rings is 3. The third kappa shape index (κ3) is 3.02. The van der Waals surface area contributed by atoms with Gasteiger partial charge in [-0.25, -0.2) is 0 Å². The molecule has 25 heavy (non-hydrogen) atoms. The fraction of sp³-hybridized carbons (Fsp3) is 0. The molecule has 1 aromatic heterocycles. The molecule has 0 atom stereocenters. The quantitative estimate of drug-likeness (QED) is 0.129. The lowest BCUT2D eigenvalue weighted by molar-refractivity contribution is 0.321. The zero-order valence-corrected chi connectivity index (χ0v) is 17.8. The Bertz CT molecular complexity index is 1070. The first-order chi connectivity index (χ1) is 12.1. The van der Waals surface area contributed by atoms with Crippen molar-refractivity contribution in [2.24, 2.45) is 5.16 Å². The van der Waals surface area contributed by atoms with Gasteiger partial charge in [-0.3, -0.25) is 0 Å². The van der Waals surface area contributed by atoms with Gasteiger partial charge < -0.3 is 9.77 Å². The van der Waals surface area contributed by atoms with E-state index in [1.54, 1.807) is 0 Å². The largest absolute Gasteiger partial charge is 0.410 e. The molecule has 1 N–H and O–H groups in total. The molecule has 3 nitrogen and oxygen atoms in total. The van der Waals surface area contributed by atoms with Crippen LogP contribution in [0.15, 0.2) is 65.8 Å². The Kier molecular flexibility index (Phi) is 4.63. The number of nitrogens with zero attached hydrogens (tertiary/aromatic N) is 2. The van der Waals surface area contributed by atoms with Crippen LogP contribution in [0.3, 0.4) is 0 Å². The summed E-state index contributed by atoms with van der Waals surface area (Å²) < 4.78 is 4.63. The molecule has 6 heteroatoms. The Labute approximate surface area is 176 Å². The van der Waals surface area contributed by atoms with Gasteiger partial charge in [0, 0.05) is 29.2 Å². The average Bonchev–Trinajstić information content (AvgIpc) is 2.93. The van der Waals surface area contributed by atoms with Crippen molar-refractivity contribution in [3.63, 3.8) is 0 Å². The number of halogens is 3. The predicted molar refractivity (Wildman–Crippen MR) is 120 cm³/mol. The van der Waals surface area contributed by atoms with Gasteiger partial charge in [-0.1, -0.05) is 28.9 Å². The molecular weight excluding hydrogens is 561 g/mol. The first kappa shape index (κ1) is 17.1. The molecule has 0 unspecified atom stereocenters. The van der Waals surface area contributed by atoms with E-state index >= 15 is 0 Å². The summed E-state index contributed by atoms with van der Waals surface area (Å²) in [7, 11) is 0. The van der Waals surface area contributed by atoms with E-state index in [4.69, 9.17) is 16.8 Å². The van der Waals surface area contributed by atoms with Gasteiger partial charge in [0.1, 0.15) is 0 Å². The van der Waals surface area contributed by atoms with Gasteiger partial charge in [0.25, 0.3) is 0 Å². The van der Waals surface area contributed by atoms with E-state index in [1.165, 1.54) is 28.9 Å². The van der Waals surface area contributed by atoms with Crippen LogP contribution in [0.2, 0.25) is 0 Å². The minimum absolute atomic E-state index is 0.0814. The van der Waals surface area contributed by atoms with E-state index in [2.05, 4.69) is 91.3 Å². The molecule has 0 saturated heterocycles. The number of hydrogen-bond donors (Lipinski definition) is 1. The third-order valence-corrected chi connectivity index (χ3v) is 5.78. The maximum Gasteiger partial charge on any atom is 0.175 e. The SMILES string of the molecule is O/N=C(\Cl)c1ccc(-n2c3cc(I)ccc3c3ccc(I)cc32)cc1. The minimum atomic E-state index is 0.0814. The summed E-state index contributed by atoms with van der Waals surface area (Å²) in [6, 6.07) is 20.7. The molecule has 124 valence electrons. The molecule has 0 aliphatic rings. The Morgan fingerprint density at radius 3 is 1.84 bits per heavy atom. The van der Waals surface area contributed by atoms with E-state index in [0.717, 1.165) is 5.69 Å². The van der Waals surface area contributed by atoms with Gasteiger partial charge in [-0.2, -0.15) is 0 Å². The van der Waals surface area contributed by atoms with Crippen LogP contribution in [0.1, 0.15) is 5.56 Å². The third-order valence-electron chi connectivity index (χ3n) is 4.14. The van der Waals surface area contributed by atoms with Crippen LogP contribution < -0.4 is 0 Å². The summed E-state index contributed by atoms with van der Waals surface area (Å²) in [5, 5.41) is 14.4. The van der Waals surface area contributed by atoms with Crippen molar-refractivity contribution in [3.05, 3.63) is 73.4 Å². The highest BCUT2D eigenvalue weighted by atomic mass is 127. The Morgan fingerprint density at radius 2 is 1.36 bits per heavy atom. The van der Waals surface area contributed by atoms with E-state index in [9.17, 15) is 0 Å². The summed E-state index contributed by atoms with van der Waals surface area (Å²) in [6.07, 6.45) is 0. The van der Waals surface area contributed by atoms with Crippen molar-refractivity contribution in [2.45, 2.75) is 0 Å². The predicted octanol–water partition coefficient (Wildman–Crippen LogP) is 6.37. The van der Waals surface area contributed by atoms with Crippen molar-refractivity contribution in [2.75, 3.05) is 0 Å². The number of oxime groups is 1. The van der Waals surface area contributed by atoms with Gasteiger partial charge >= 0.3 is 0 Å². The maximum atomic E-state index is 8.83. The molecule has 0 bridgehead atoms. The fourth-order valence-corrected chi connectivity index (χ4v) is 4.12. The zero-order valence-electron chi connectivity index (χ0n) is 12.7. The van der Waals surface area contributed by atoms with Gasteiger partial charge in [-0.15, -0.1) is 0 Å². The Morgan fingerprint density at radius 1 is 0.840 bits per heavy atom. The first-order valence-electron chi connectivity index (χ1n) is 7.46. The maximum absolute atomic E-state index is 8.83. The van der Waals surface area contributed by atoms with Crippen LogP contribution in [0.25, 0.3) is 27.5 Å². The molecule has 0 fully saturated rings. The van der Waals surface area contributed by atoms with Crippen molar-refractivity contribution in [3.8, 4) is 5.69 Å². The second-order valence-electron chi connectivity index (χ2n) is 5.60. The summed E-state index contributed by atoms with van der Waals surface area (Å²) in [5.41, 5.74) is 4.05. The monoisotopic (exact) mass is 572 g/mol. The van der Waals surface area contributed by atoms with Gasteiger partial charge in [-0.05, 0) is 93.7 Å². The number of fused-ring (bicyclic) bond motifs is 3. The van der Waals surface area contributed by atoms with Gasteiger partial charge in [0.15, 0.2) is 5.17 Å². The molecular formula is C19H11ClI2N2O. The molecule has 0 spiro atoms. The lowest BCUT2D eigenvalue weighted by atomic mass is 10.2. The van der Waals surface area contributed by atoms with Crippen molar-refractivity contribution < 1.29 is 5.21 Å². The lowest BCUT2D eigenvalue weighted by Crippen LogP contribution is -1.96. The standard InChI is InChI=1S/C19H11ClI2N2O/c20-19(23-25)11-1-5-14(6-2-11)24-17-9-12(21)3-7-15(17)16-8-4-13(22)10-18(16)24/h1-10,25H/b23-19-.